The molecule has 0 unspecified atom stereocenters. The van der Waals surface area contributed by atoms with E-state index in [1.165, 1.54) is 43.0 Å². The summed E-state index contributed by atoms with van der Waals surface area (Å²) < 4.78 is 27.7. The highest BCUT2D eigenvalue weighted by Crippen LogP contribution is 2.21. The van der Waals surface area contributed by atoms with Crippen LogP contribution in [0.3, 0.4) is 0 Å². The molecule has 0 bridgehead atoms. The van der Waals surface area contributed by atoms with Gasteiger partial charge in [-0.15, -0.1) is 0 Å². The molecule has 3 amide bonds. The third-order valence-corrected chi connectivity index (χ3v) is 7.35. The Kier molecular flexibility index (Phi) is 11.7. The molecule has 0 aromatic heterocycles. The van der Waals surface area contributed by atoms with Gasteiger partial charge in [-0.3, -0.25) is 14.4 Å². The Hall–Kier alpha value is -4.15. The number of hydrogen-bond acceptors (Lipinski definition) is 5. The van der Waals surface area contributed by atoms with E-state index in [1.807, 2.05) is 56.3 Å². The van der Waals surface area contributed by atoms with Crippen molar-refractivity contribution < 1.29 is 28.3 Å². The number of carbonyl (C=O) groups excluding carboxylic acids is 3. The highest BCUT2D eigenvalue weighted by Gasteiger charge is 2.35. The molecule has 4 N–H and O–H groups in total. The van der Waals surface area contributed by atoms with Gasteiger partial charge in [0.15, 0.2) is 11.6 Å². The van der Waals surface area contributed by atoms with Gasteiger partial charge in [-0.1, -0.05) is 54.6 Å². The first kappa shape index (κ1) is 34.3. The first-order valence-corrected chi connectivity index (χ1v) is 14.5. The molecular formula is C34H42F2N4O4. The second kappa shape index (κ2) is 15.0. The number of benzene rings is 3. The van der Waals surface area contributed by atoms with Crippen LogP contribution >= 0.6 is 0 Å². The Labute approximate surface area is 257 Å². The molecule has 3 aromatic carbocycles. The lowest BCUT2D eigenvalue weighted by molar-refractivity contribution is -0.146. The Morgan fingerprint density at radius 1 is 0.909 bits per heavy atom. The second-order valence-electron chi connectivity index (χ2n) is 12.0. The van der Waals surface area contributed by atoms with Crippen LogP contribution in [0.1, 0.15) is 38.3 Å². The van der Waals surface area contributed by atoms with Crippen LogP contribution in [0.25, 0.3) is 10.8 Å². The number of carbonyl (C=O) groups is 3. The topological polar surface area (TPSA) is 116 Å². The maximum Gasteiger partial charge on any atom is 0.246 e. The summed E-state index contributed by atoms with van der Waals surface area (Å²) in [5.41, 5.74) is 6.62. The molecule has 0 radical (unpaired) electrons. The van der Waals surface area contributed by atoms with E-state index in [0.717, 1.165) is 28.5 Å². The molecule has 0 aliphatic heterocycles. The fourth-order valence-electron chi connectivity index (χ4n) is 4.76. The van der Waals surface area contributed by atoms with Crippen molar-refractivity contribution in [2.45, 2.75) is 63.8 Å². The molecule has 0 heterocycles. The van der Waals surface area contributed by atoms with Crippen molar-refractivity contribution in [1.29, 1.82) is 0 Å². The lowest BCUT2D eigenvalue weighted by Crippen LogP contribution is -2.56. The number of halogens is 2. The number of rotatable bonds is 13. The predicted molar refractivity (Wildman–Crippen MR) is 168 cm³/mol. The smallest absolute Gasteiger partial charge is 0.246 e. The van der Waals surface area contributed by atoms with E-state index >= 15 is 0 Å². The van der Waals surface area contributed by atoms with Crippen molar-refractivity contribution in [2.24, 2.45) is 5.73 Å². The van der Waals surface area contributed by atoms with Gasteiger partial charge in [0.05, 0.1) is 6.10 Å². The first-order chi connectivity index (χ1) is 20.7. The van der Waals surface area contributed by atoms with E-state index in [2.05, 4.69) is 5.32 Å². The summed E-state index contributed by atoms with van der Waals surface area (Å²) in [5.74, 6) is -3.64. The monoisotopic (exact) mass is 608 g/mol. The summed E-state index contributed by atoms with van der Waals surface area (Å²) in [6, 6.07) is 14.7. The van der Waals surface area contributed by atoms with Gasteiger partial charge in [-0.2, -0.15) is 0 Å². The summed E-state index contributed by atoms with van der Waals surface area (Å²) in [5, 5.41) is 14.3. The van der Waals surface area contributed by atoms with E-state index in [9.17, 15) is 28.3 Å². The van der Waals surface area contributed by atoms with Crippen molar-refractivity contribution in [3.63, 3.8) is 0 Å². The van der Waals surface area contributed by atoms with Crippen molar-refractivity contribution in [2.75, 3.05) is 20.6 Å². The van der Waals surface area contributed by atoms with E-state index in [0.29, 0.717) is 12.0 Å². The molecule has 44 heavy (non-hydrogen) atoms. The standard InChI is InChI=1S/C34H42F2N4O4/c1-22(41)21-38-32(43)29(19-24-13-15-27(35)28(36)18-24)40(5)33(44)30(39(4)31(42)11-8-16-34(2,3)37)20-23-12-14-25-9-6-7-10-26(25)17-23/h6-15,17-18,22,29-30,41H,16,19-21,37H2,1-5H3,(H,38,43)/b11-8+/t22-,29+,30+/m0/s1. The summed E-state index contributed by atoms with van der Waals surface area (Å²) >= 11 is 0. The number of aliphatic hydroxyl groups is 1. The molecular weight excluding hydrogens is 566 g/mol. The van der Waals surface area contributed by atoms with Crippen molar-refractivity contribution >= 4 is 28.5 Å². The third-order valence-electron chi connectivity index (χ3n) is 7.35. The molecule has 3 rings (SSSR count). The molecule has 0 aliphatic carbocycles. The zero-order chi connectivity index (χ0) is 32.6. The third kappa shape index (κ3) is 9.68. The number of nitrogens with zero attached hydrogens (tertiary/aromatic N) is 2. The fraction of sp³-hybridized carbons (Fsp3) is 0.382. The average Bonchev–Trinajstić information content (AvgIpc) is 2.97. The Balaban J connectivity index is 1.98. The fourth-order valence-corrected chi connectivity index (χ4v) is 4.76. The molecule has 10 heteroatoms. The molecule has 0 saturated heterocycles. The minimum atomic E-state index is -1.15. The highest BCUT2D eigenvalue weighted by molar-refractivity contribution is 5.95. The van der Waals surface area contributed by atoms with Crippen LogP contribution in [0.5, 0.6) is 0 Å². The van der Waals surface area contributed by atoms with Gasteiger partial charge in [0, 0.05) is 39.0 Å². The van der Waals surface area contributed by atoms with E-state index in [4.69, 9.17) is 5.73 Å². The molecule has 3 aromatic rings. The van der Waals surface area contributed by atoms with Crippen LogP contribution in [-0.2, 0) is 27.2 Å². The van der Waals surface area contributed by atoms with Crippen LogP contribution in [0, 0.1) is 11.6 Å². The van der Waals surface area contributed by atoms with Gasteiger partial charge in [-0.05, 0) is 67.3 Å². The summed E-state index contributed by atoms with van der Waals surface area (Å²) in [6.07, 6.45) is 2.66. The van der Waals surface area contributed by atoms with Crippen molar-refractivity contribution in [1.82, 2.24) is 15.1 Å². The molecule has 0 fully saturated rings. The van der Waals surface area contributed by atoms with Gasteiger partial charge in [0.25, 0.3) is 0 Å². The predicted octanol–water partition coefficient (Wildman–Crippen LogP) is 3.74. The maximum absolute atomic E-state index is 14.2. The molecule has 3 atom stereocenters. The molecule has 0 spiro atoms. The van der Waals surface area contributed by atoms with Crippen molar-refractivity contribution in [3.05, 3.63) is 95.6 Å². The Morgan fingerprint density at radius 3 is 2.16 bits per heavy atom. The number of hydrogen-bond donors (Lipinski definition) is 3. The number of nitrogens with one attached hydrogen (secondary N) is 1. The zero-order valence-electron chi connectivity index (χ0n) is 25.9. The largest absolute Gasteiger partial charge is 0.392 e. The lowest BCUT2D eigenvalue weighted by Gasteiger charge is -2.34. The van der Waals surface area contributed by atoms with Crippen LogP contribution < -0.4 is 11.1 Å². The van der Waals surface area contributed by atoms with Gasteiger partial charge in [0.2, 0.25) is 17.7 Å². The Bertz CT molecular complexity index is 1500. The highest BCUT2D eigenvalue weighted by atomic mass is 19.2. The van der Waals surface area contributed by atoms with E-state index < -0.39 is 53.1 Å². The van der Waals surface area contributed by atoms with Gasteiger partial charge in [-0.25, -0.2) is 8.78 Å². The minimum absolute atomic E-state index is 0.0731. The van der Waals surface area contributed by atoms with Gasteiger partial charge >= 0.3 is 0 Å². The molecule has 0 aliphatic rings. The SMILES string of the molecule is C[C@H](O)CNC(=O)[C@@H](Cc1ccc(F)c(F)c1)N(C)C(=O)[C@@H](Cc1ccc2ccccc2c1)N(C)C(=O)/C=C/CC(C)(C)N. The second-order valence-corrected chi connectivity index (χ2v) is 12.0. The molecule has 236 valence electrons. The Morgan fingerprint density at radius 2 is 1.52 bits per heavy atom. The number of amides is 3. The zero-order valence-corrected chi connectivity index (χ0v) is 25.9. The summed E-state index contributed by atoms with van der Waals surface area (Å²) in [4.78, 5) is 43.4. The molecule has 8 nitrogen and oxygen atoms in total. The van der Waals surface area contributed by atoms with Crippen LogP contribution in [-0.4, -0.2) is 77.0 Å². The van der Waals surface area contributed by atoms with E-state index in [-0.39, 0.29) is 19.4 Å². The number of fused-ring (bicyclic) bond motifs is 1. The van der Waals surface area contributed by atoms with Crippen LogP contribution in [0.15, 0.2) is 72.8 Å². The minimum Gasteiger partial charge on any atom is -0.392 e. The van der Waals surface area contributed by atoms with Crippen LogP contribution in [0.4, 0.5) is 8.78 Å². The van der Waals surface area contributed by atoms with Crippen molar-refractivity contribution in [3.8, 4) is 0 Å². The first-order valence-electron chi connectivity index (χ1n) is 14.5. The van der Waals surface area contributed by atoms with E-state index in [1.54, 1.807) is 6.08 Å². The maximum atomic E-state index is 14.2. The van der Waals surface area contributed by atoms with Gasteiger partial charge in [0.1, 0.15) is 12.1 Å². The number of aliphatic hydroxyl groups excluding tert-OH is 1. The summed E-state index contributed by atoms with van der Waals surface area (Å²) in [7, 11) is 2.96. The number of likely N-dealkylation sites (N-methyl/N-ethyl adjacent to an activating group) is 2. The quantitative estimate of drug-likeness (QED) is 0.256. The lowest BCUT2D eigenvalue weighted by atomic mass is 9.98. The normalized spacial score (nSPS) is 13.8. The van der Waals surface area contributed by atoms with Crippen LogP contribution in [0.2, 0.25) is 0 Å². The van der Waals surface area contributed by atoms with Gasteiger partial charge < -0.3 is 26.0 Å². The average molecular weight is 609 g/mol. The summed E-state index contributed by atoms with van der Waals surface area (Å²) in [6.45, 7) is 5.10. The molecule has 0 saturated carbocycles. The number of nitrogens with two attached hydrogens (primary N) is 1.